The van der Waals surface area contributed by atoms with E-state index in [1.165, 1.54) is 21.3 Å². The fourth-order valence-electron chi connectivity index (χ4n) is 13.3. The molecule has 3 saturated heterocycles. The first-order chi connectivity index (χ1) is 50.6. The van der Waals surface area contributed by atoms with Crippen LogP contribution in [-0.4, -0.2) is 218 Å². The number of unbranched alkanes of at least 4 members (excludes halogenated alkanes) is 1. The Kier molecular flexibility index (Phi) is 29.5. The molecule has 1 aliphatic carbocycles. The van der Waals surface area contributed by atoms with Crippen molar-refractivity contribution in [3.05, 3.63) is 47.0 Å². The van der Waals surface area contributed by atoms with Crippen LogP contribution < -0.4 is 79.5 Å². The number of likely N-dealkylation sites (N-methyl/N-ethyl adjacent to an activating group) is 1. The first-order valence-electron chi connectivity index (χ1n) is 35.3. The molecule has 2 aromatic carbocycles. The number of aliphatic imine (C=N–C) groups is 1. The van der Waals surface area contributed by atoms with Gasteiger partial charge in [-0.3, -0.25) is 52.7 Å². The summed E-state index contributed by atoms with van der Waals surface area (Å²) in [5.74, 6) is -11.0. The standard InChI is InChI=1S/C69H101N13O23S/c1-9-31(3)53(64(92)75-6)80-62(90)39(14-11-12-19-70)79-65(93)54(32(4)10-2)81-63(91)41(16-17-48(72)83)78-61(89)40(15-13-20-76-69(73)74)77-60(88)38(71)29-106-47-26-49(84)82(66(47)94)21-18-50(85)104-59-56(87)68(103-46-28-98-33(5)102-58(46)59)105-57-36-25-43-42(100-30-101-43)24-35(36)51(52-37(57)27-99-67(52)95)34-22-44(96-7)55(86)45(23-34)97-8/h22-26,31-33,37-41,46,51-54,56-59,68,84,86-87,94H,9-21,27-30,70-71H2,1-8H3,(H2,72,83)(H,75,92)(H,77,88)(H,78,89)(H,79,93)(H,80,90)(H,81,91)(H4,73,74,76)/t31?,32?,33?,37-,38-,39-,40-,41-,46?,51+,52-,53-,54-,56?,57+,58?,59?,68?/m0/s1. The maximum Gasteiger partial charge on any atom is 0.310 e. The van der Waals surface area contributed by atoms with Gasteiger partial charge < -0.3 is 128 Å². The van der Waals surface area contributed by atoms with Crippen LogP contribution in [0.1, 0.15) is 128 Å². The lowest BCUT2D eigenvalue weighted by atomic mass is 9.66. The second-order valence-electron chi connectivity index (χ2n) is 26.7. The van der Waals surface area contributed by atoms with Crippen molar-refractivity contribution in [2.24, 2.45) is 57.3 Å². The van der Waals surface area contributed by atoms with Gasteiger partial charge in [-0.25, -0.2) is 0 Å². The fourth-order valence-corrected chi connectivity index (χ4v) is 14.3. The Morgan fingerprint density at radius 1 is 0.736 bits per heavy atom. The number of esters is 2. The number of phenolic OH excluding ortho intramolecular Hbond substituents is 1. The summed E-state index contributed by atoms with van der Waals surface area (Å²) in [6, 6.07) is 0.00246. The third-order valence-corrected chi connectivity index (χ3v) is 20.7. The lowest BCUT2D eigenvalue weighted by Crippen LogP contribution is -2.64. The minimum Gasteiger partial charge on any atom is -0.502 e. The first kappa shape index (κ1) is 82.5. The van der Waals surface area contributed by atoms with E-state index >= 15 is 0 Å². The van der Waals surface area contributed by atoms with E-state index in [4.69, 9.17) is 76.0 Å². The molecule has 106 heavy (non-hydrogen) atoms. The number of carbonyl (C=O) groups excluding carboxylic acids is 9. The molecule has 36 nitrogen and oxygen atoms in total. The van der Waals surface area contributed by atoms with Crippen molar-refractivity contribution in [3.63, 3.8) is 0 Å². The zero-order valence-electron chi connectivity index (χ0n) is 60.5. The van der Waals surface area contributed by atoms with Gasteiger partial charge in [0.2, 0.25) is 59.8 Å². The fraction of sp³-hybridized carbons (Fsp3) is 0.623. The lowest BCUT2D eigenvalue weighted by molar-refractivity contribution is -0.365. The third-order valence-electron chi connectivity index (χ3n) is 19.6. The first-order valence-corrected chi connectivity index (χ1v) is 36.3. The van der Waals surface area contributed by atoms with E-state index in [1.54, 1.807) is 52.0 Å². The van der Waals surface area contributed by atoms with Crippen molar-refractivity contribution in [2.45, 2.75) is 196 Å². The summed E-state index contributed by atoms with van der Waals surface area (Å²) >= 11 is 0.830. The molecule has 18 atom stereocenters. The number of aromatic hydroxyl groups is 3. The Bertz CT molecular complexity index is 3630. The number of cyclic esters (lactones) is 1. The number of rotatable bonds is 38. The van der Waals surface area contributed by atoms with Gasteiger partial charge in [0.25, 0.3) is 0 Å². The van der Waals surface area contributed by atoms with Crippen LogP contribution in [0.25, 0.3) is 0 Å². The number of nitrogens with one attached hydrogen (secondary N) is 6. The molecule has 4 aliphatic heterocycles. The predicted octanol–water partition coefficient (Wildman–Crippen LogP) is -0.678. The molecule has 0 spiro atoms. The highest BCUT2D eigenvalue weighted by molar-refractivity contribution is 7.99. The Morgan fingerprint density at radius 3 is 1.93 bits per heavy atom. The molecule has 586 valence electrons. The van der Waals surface area contributed by atoms with Crippen molar-refractivity contribution < 1.29 is 111 Å². The number of nitrogens with two attached hydrogens (primary N) is 5. The Morgan fingerprint density at radius 2 is 1.33 bits per heavy atom. The molecule has 0 radical (unpaired) electrons. The number of phenols is 1. The molecule has 7 amide bonds. The Balaban J connectivity index is 0.924. The molecular formula is C69H101N13O23S. The maximum absolute atomic E-state index is 14.4. The van der Waals surface area contributed by atoms with Crippen molar-refractivity contribution in [1.82, 2.24) is 36.5 Å². The second kappa shape index (κ2) is 37.9. The van der Waals surface area contributed by atoms with Gasteiger partial charge in [0.15, 0.2) is 53.5 Å². The van der Waals surface area contributed by atoms with Gasteiger partial charge in [-0.05, 0) is 105 Å². The topological polar surface area (TPSA) is 546 Å². The number of hydrogen-bond acceptors (Lipinski definition) is 27. The number of hydrogen-bond donors (Lipinski definition) is 15. The highest BCUT2D eigenvalue weighted by Gasteiger charge is 2.57. The molecule has 3 aromatic rings. The minimum atomic E-state index is -1.75. The summed E-state index contributed by atoms with van der Waals surface area (Å²) in [6.07, 6.45) is -8.11. The lowest BCUT2D eigenvalue weighted by Gasteiger charge is -2.48. The number of aromatic nitrogens is 1. The number of ether oxygens (including phenoxy) is 10. The van der Waals surface area contributed by atoms with Crippen LogP contribution >= 0.6 is 11.8 Å². The van der Waals surface area contributed by atoms with Gasteiger partial charge in [0, 0.05) is 50.2 Å². The van der Waals surface area contributed by atoms with E-state index in [-0.39, 0.29) is 98.6 Å². The van der Waals surface area contributed by atoms with Gasteiger partial charge in [-0.2, -0.15) is 0 Å². The summed E-state index contributed by atoms with van der Waals surface area (Å²) < 4.78 is 60.3. The van der Waals surface area contributed by atoms with Crippen molar-refractivity contribution in [1.29, 1.82) is 0 Å². The minimum absolute atomic E-state index is 0.00173. The number of nitrogens with zero attached hydrogens (tertiary/aromatic N) is 2. The highest BCUT2D eigenvalue weighted by atomic mass is 32.2. The van der Waals surface area contributed by atoms with E-state index in [2.05, 4.69) is 36.9 Å². The monoisotopic (exact) mass is 1510 g/mol. The van der Waals surface area contributed by atoms with Crippen LogP contribution in [0.4, 0.5) is 0 Å². The van der Waals surface area contributed by atoms with E-state index < -0.39 is 181 Å². The number of guanidine groups is 1. The summed E-state index contributed by atoms with van der Waals surface area (Å²) in [6.45, 7) is 8.31. The third kappa shape index (κ3) is 20.1. The van der Waals surface area contributed by atoms with Crippen LogP contribution in [0, 0.1) is 23.7 Å². The molecule has 20 N–H and O–H groups in total. The molecule has 0 bridgehead atoms. The van der Waals surface area contributed by atoms with Crippen molar-refractivity contribution in [2.75, 3.05) is 60.1 Å². The smallest absolute Gasteiger partial charge is 0.310 e. The number of thioether (sulfide) groups is 1. The predicted molar refractivity (Wildman–Crippen MR) is 377 cm³/mol. The molecule has 0 saturated carbocycles. The SMILES string of the molecule is CCC(C)[C@H](NC(=O)[C@H](CCCCN)NC(=O)[C@@H](NC(=O)[C@H](CCC(N)=O)NC(=O)[C@H](CCCN=C(N)N)NC(=O)[C@@H](N)CSc1cc(O)n(CCC(=O)OC2C(O)C(O[C@@H]3c4cc5c(cc4[C@@H](c4cc(OC)c(O)c(OC)c4)[C@H]4C(=O)OC[C@@H]43)OCO5)OC3COC(C)OC32)c1O)C(C)CC)C(=O)NC. The van der Waals surface area contributed by atoms with Gasteiger partial charge in [-0.1, -0.05) is 40.5 Å². The molecule has 8 rings (SSSR count). The van der Waals surface area contributed by atoms with Crippen molar-refractivity contribution in [3.8, 4) is 40.5 Å². The average molecular weight is 1510 g/mol. The van der Waals surface area contributed by atoms with E-state index in [0.29, 0.717) is 60.4 Å². The molecule has 37 heteroatoms. The quantitative estimate of drug-likeness (QED) is 0.0111. The summed E-state index contributed by atoms with van der Waals surface area (Å²) in [5.41, 5.74) is 30.4. The Labute approximate surface area is 616 Å². The highest BCUT2D eigenvalue weighted by Crippen LogP contribution is 2.57. The van der Waals surface area contributed by atoms with Gasteiger partial charge in [0.05, 0.1) is 56.8 Å². The number of primary amides is 1. The van der Waals surface area contributed by atoms with Crippen LogP contribution in [0.3, 0.4) is 0 Å². The van der Waals surface area contributed by atoms with E-state index in [0.717, 1.165) is 22.4 Å². The molecular weight excluding hydrogens is 1410 g/mol. The number of fused-ring (bicyclic) bond motifs is 4. The zero-order chi connectivity index (χ0) is 77.4. The maximum atomic E-state index is 14.4. The second-order valence-corrected chi connectivity index (χ2v) is 27.8. The zero-order valence-corrected chi connectivity index (χ0v) is 61.4. The number of methoxy groups -OCH3 is 2. The number of amides is 7. The molecule has 1 aromatic heterocycles. The van der Waals surface area contributed by atoms with E-state index in [1.807, 2.05) is 6.92 Å². The summed E-state index contributed by atoms with van der Waals surface area (Å²) in [7, 11) is 4.19. The largest absolute Gasteiger partial charge is 0.502 e. The van der Waals surface area contributed by atoms with Gasteiger partial charge in [0.1, 0.15) is 48.5 Å². The van der Waals surface area contributed by atoms with Gasteiger partial charge in [-0.15, -0.1) is 11.8 Å². The summed E-state index contributed by atoms with van der Waals surface area (Å²) in [4.78, 5) is 128. The molecule has 3 fully saturated rings. The van der Waals surface area contributed by atoms with Crippen LogP contribution in [0.5, 0.6) is 40.5 Å². The summed E-state index contributed by atoms with van der Waals surface area (Å²) in [5, 5.41) is 61.6. The molecule has 5 heterocycles. The van der Waals surface area contributed by atoms with Crippen molar-refractivity contribution >= 4 is 71.0 Å². The number of aliphatic hydroxyl groups is 1. The normalized spacial score (nSPS) is 23.5. The van der Waals surface area contributed by atoms with Crippen LogP contribution in [0.2, 0.25) is 0 Å². The molecule has 5 aliphatic rings. The van der Waals surface area contributed by atoms with E-state index in [9.17, 15) is 63.6 Å². The number of aliphatic hydroxyl groups excluding tert-OH is 1. The van der Waals surface area contributed by atoms with Crippen LogP contribution in [0.15, 0.2) is 40.2 Å². The van der Waals surface area contributed by atoms with Gasteiger partial charge >= 0.3 is 11.9 Å². The number of benzene rings is 2. The number of carbonyl (C=O) groups is 9. The van der Waals surface area contributed by atoms with Crippen LogP contribution in [-0.2, 0) is 78.1 Å². The Hall–Kier alpha value is -9.11. The molecule has 8 unspecified atom stereocenters. The average Bonchev–Trinajstić information content (AvgIpc) is 1.42.